The number of carbonyl (C=O) groups is 2. The van der Waals surface area contributed by atoms with Gasteiger partial charge in [0.1, 0.15) is 13.2 Å². The summed E-state index contributed by atoms with van der Waals surface area (Å²) < 4.78 is 9.25. The number of rotatable bonds is 18. The minimum absolute atomic E-state index is 0.254. The molecular formula is C38H60O4. The first-order valence-corrected chi connectivity index (χ1v) is 14.8. The van der Waals surface area contributed by atoms with Crippen molar-refractivity contribution in [1.29, 1.82) is 0 Å². The second kappa shape index (κ2) is 30.6. The highest BCUT2D eigenvalue weighted by Gasteiger charge is 1.93. The zero-order chi connectivity index (χ0) is 32.8. The molecule has 0 aromatic heterocycles. The van der Waals surface area contributed by atoms with E-state index in [1.807, 2.05) is 18.2 Å². The van der Waals surface area contributed by atoms with Crippen molar-refractivity contribution in [3.63, 3.8) is 0 Å². The molecular weight excluding hydrogens is 520 g/mol. The van der Waals surface area contributed by atoms with Crippen molar-refractivity contribution in [2.75, 3.05) is 13.2 Å². The van der Waals surface area contributed by atoms with Crippen molar-refractivity contribution in [3.8, 4) is 0 Å². The Hall–Kier alpha value is -3.40. The molecule has 0 atom stereocenters. The fourth-order valence-corrected chi connectivity index (χ4v) is 3.13. The number of hydrogen-bond donors (Lipinski definition) is 0. The Bertz CT molecular complexity index is 959. The minimum Gasteiger partial charge on any atom is -0.462 e. The molecule has 0 N–H and O–H groups in total. The summed E-state index contributed by atoms with van der Waals surface area (Å²) in [5.41, 5.74) is 7.88. The molecule has 0 spiro atoms. The lowest BCUT2D eigenvalue weighted by molar-refractivity contribution is -0.140. The predicted octanol–water partition coefficient (Wildman–Crippen LogP) is 11.1. The lowest BCUT2D eigenvalue weighted by Crippen LogP contribution is -1.97. The SMILES string of the molecule is C=C(/C=C/COC(C)=O)CC/C=C(\C)CCC=C(C)C.C=CC(=C)CC/C=C(\C)CCC=C(C)C.C=CCOC(C)=O. The molecule has 0 aromatic rings. The second-order valence-electron chi connectivity index (χ2n) is 10.6. The maximum atomic E-state index is 10.6. The third-order valence-electron chi connectivity index (χ3n) is 5.53. The van der Waals surface area contributed by atoms with Gasteiger partial charge < -0.3 is 9.47 Å². The molecule has 0 saturated heterocycles. The summed E-state index contributed by atoms with van der Waals surface area (Å²) >= 11 is 0. The first-order chi connectivity index (χ1) is 19.7. The lowest BCUT2D eigenvalue weighted by atomic mass is 10.1. The molecule has 42 heavy (non-hydrogen) atoms. The molecule has 0 rings (SSSR count). The van der Waals surface area contributed by atoms with E-state index in [0.717, 1.165) is 56.1 Å². The molecule has 0 aromatic carbocycles. The normalized spacial score (nSPS) is 10.7. The van der Waals surface area contributed by atoms with Gasteiger partial charge >= 0.3 is 11.9 Å². The smallest absolute Gasteiger partial charge is 0.302 e. The van der Waals surface area contributed by atoms with Crippen LogP contribution in [0.4, 0.5) is 0 Å². The molecule has 0 fully saturated rings. The van der Waals surface area contributed by atoms with Crippen molar-refractivity contribution in [2.24, 2.45) is 0 Å². The van der Waals surface area contributed by atoms with Gasteiger partial charge in [0.2, 0.25) is 0 Å². The molecule has 0 saturated carbocycles. The maximum absolute atomic E-state index is 10.6. The fourth-order valence-electron chi connectivity index (χ4n) is 3.13. The van der Waals surface area contributed by atoms with Gasteiger partial charge in [0.25, 0.3) is 0 Å². The summed E-state index contributed by atoms with van der Waals surface area (Å²) in [6.07, 6.45) is 24.9. The Morgan fingerprint density at radius 3 is 1.33 bits per heavy atom. The molecule has 4 heteroatoms. The van der Waals surface area contributed by atoms with Gasteiger partial charge in [-0.2, -0.15) is 0 Å². The Labute approximate surface area is 259 Å². The maximum Gasteiger partial charge on any atom is 0.302 e. The highest BCUT2D eigenvalue weighted by Crippen LogP contribution is 2.12. The first kappa shape index (κ1) is 43.1. The summed E-state index contributed by atoms with van der Waals surface area (Å²) in [6.45, 7) is 31.3. The fraction of sp³-hybridized carbons (Fsp3) is 0.474. The molecule has 0 radical (unpaired) electrons. The van der Waals surface area contributed by atoms with Crippen LogP contribution in [-0.2, 0) is 19.1 Å². The third kappa shape index (κ3) is 41.1. The molecule has 236 valence electrons. The average Bonchev–Trinajstić information content (AvgIpc) is 2.90. The third-order valence-corrected chi connectivity index (χ3v) is 5.53. The molecule has 0 aliphatic rings. The average molecular weight is 581 g/mol. The Morgan fingerprint density at radius 2 is 0.976 bits per heavy atom. The standard InChI is InChI=1S/C18H28O2.C15H24.C5H8O2/c1-15(2)9-6-10-16(3)11-7-12-17(4)13-8-14-20-18(5)19;1-6-14(4)10-8-12-15(5)11-7-9-13(2)3;1-3-4-7-5(2)6/h8-9,11,13H,4,6-7,10,12,14H2,1-3,5H3;6,9,12H,1,4,7-8,10-11H2,2-3,5H3;3H,1,4H2,2H3/b13-8+,16-11+;15-12+;. The van der Waals surface area contributed by atoms with E-state index in [9.17, 15) is 9.59 Å². The van der Waals surface area contributed by atoms with Gasteiger partial charge in [-0.1, -0.05) is 102 Å². The van der Waals surface area contributed by atoms with Crippen LogP contribution < -0.4 is 0 Å². The van der Waals surface area contributed by atoms with Crippen LogP contribution in [-0.4, -0.2) is 25.2 Å². The van der Waals surface area contributed by atoms with E-state index in [1.165, 1.54) is 48.6 Å². The molecule has 0 amide bonds. The topological polar surface area (TPSA) is 52.6 Å². The van der Waals surface area contributed by atoms with E-state index < -0.39 is 0 Å². The van der Waals surface area contributed by atoms with Crippen molar-refractivity contribution in [1.82, 2.24) is 0 Å². The van der Waals surface area contributed by atoms with Crippen LogP contribution in [0.1, 0.15) is 107 Å². The van der Waals surface area contributed by atoms with Crippen molar-refractivity contribution < 1.29 is 19.1 Å². The van der Waals surface area contributed by atoms with Crippen LogP contribution >= 0.6 is 0 Å². The van der Waals surface area contributed by atoms with Crippen LogP contribution in [0.2, 0.25) is 0 Å². The van der Waals surface area contributed by atoms with Gasteiger partial charge in [-0.3, -0.25) is 9.59 Å². The first-order valence-electron chi connectivity index (χ1n) is 14.8. The highest BCUT2D eigenvalue weighted by molar-refractivity contribution is 5.66. The minimum atomic E-state index is -0.264. The molecule has 0 bridgehead atoms. The zero-order valence-corrected chi connectivity index (χ0v) is 28.2. The van der Waals surface area contributed by atoms with Crippen molar-refractivity contribution in [2.45, 2.75) is 107 Å². The van der Waals surface area contributed by atoms with E-state index in [0.29, 0.717) is 13.2 Å². The van der Waals surface area contributed by atoms with Crippen molar-refractivity contribution in [3.05, 3.63) is 108 Å². The van der Waals surface area contributed by atoms with Crippen molar-refractivity contribution >= 4 is 11.9 Å². The van der Waals surface area contributed by atoms with E-state index in [2.05, 4.69) is 96.9 Å². The molecule has 0 aliphatic heterocycles. The number of carbonyl (C=O) groups excluding carboxylic acids is 2. The Morgan fingerprint density at radius 1 is 0.571 bits per heavy atom. The summed E-state index contributed by atoms with van der Waals surface area (Å²) in [5, 5.41) is 0. The highest BCUT2D eigenvalue weighted by atomic mass is 16.5. The van der Waals surface area contributed by atoms with Crippen LogP contribution in [0, 0.1) is 0 Å². The van der Waals surface area contributed by atoms with E-state index in [4.69, 9.17) is 4.74 Å². The van der Waals surface area contributed by atoms with Gasteiger partial charge in [0.15, 0.2) is 0 Å². The predicted molar refractivity (Wildman–Crippen MR) is 184 cm³/mol. The number of esters is 2. The van der Waals surface area contributed by atoms with Crippen LogP contribution in [0.3, 0.4) is 0 Å². The van der Waals surface area contributed by atoms with Crippen LogP contribution in [0.25, 0.3) is 0 Å². The second-order valence-corrected chi connectivity index (χ2v) is 10.6. The van der Waals surface area contributed by atoms with E-state index >= 15 is 0 Å². The molecule has 4 nitrogen and oxygen atoms in total. The lowest BCUT2D eigenvalue weighted by Gasteiger charge is -2.01. The summed E-state index contributed by atoms with van der Waals surface area (Å²) in [7, 11) is 0. The van der Waals surface area contributed by atoms with Crippen LogP contribution in [0.5, 0.6) is 0 Å². The number of ether oxygens (including phenoxy) is 2. The van der Waals surface area contributed by atoms with E-state index in [1.54, 1.807) is 0 Å². The number of allylic oxidation sites excluding steroid dienone is 12. The largest absolute Gasteiger partial charge is 0.462 e. The van der Waals surface area contributed by atoms with Gasteiger partial charge in [-0.25, -0.2) is 0 Å². The zero-order valence-electron chi connectivity index (χ0n) is 28.2. The monoisotopic (exact) mass is 580 g/mol. The van der Waals surface area contributed by atoms with Gasteiger partial charge in [0.05, 0.1) is 0 Å². The number of hydrogen-bond acceptors (Lipinski definition) is 4. The molecule has 0 heterocycles. The van der Waals surface area contributed by atoms with E-state index in [-0.39, 0.29) is 11.9 Å². The molecule has 0 aliphatic carbocycles. The Balaban J connectivity index is -0.000000606. The Kier molecular flexibility index (Phi) is 31.3. The summed E-state index contributed by atoms with van der Waals surface area (Å²) in [4.78, 5) is 20.5. The van der Waals surface area contributed by atoms with Gasteiger partial charge in [-0.05, 0) is 99.0 Å². The molecule has 0 unspecified atom stereocenters. The summed E-state index contributed by atoms with van der Waals surface area (Å²) in [6, 6.07) is 0. The quantitative estimate of drug-likeness (QED) is 0.0919. The van der Waals surface area contributed by atoms with Gasteiger partial charge in [-0.15, -0.1) is 0 Å². The summed E-state index contributed by atoms with van der Waals surface area (Å²) in [5.74, 6) is -0.518. The van der Waals surface area contributed by atoms with Crippen LogP contribution in [0.15, 0.2) is 108 Å². The van der Waals surface area contributed by atoms with Gasteiger partial charge in [0, 0.05) is 13.8 Å².